The molecule has 24 heavy (non-hydrogen) atoms. The van der Waals surface area contributed by atoms with E-state index >= 15 is 0 Å². The topological polar surface area (TPSA) is 46.8 Å². The molecule has 0 aliphatic carbocycles. The normalized spacial score (nSPS) is 18.6. The summed E-state index contributed by atoms with van der Waals surface area (Å²) in [7, 11) is 0. The molecule has 3 heterocycles. The second kappa shape index (κ2) is 6.93. The van der Waals surface area contributed by atoms with Crippen molar-refractivity contribution in [1.29, 1.82) is 0 Å². The lowest BCUT2D eigenvalue weighted by Crippen LogP contribution is -2.34. The molecule has 1 aromatic carbocycles. The quantitative estimate of drug-likeness (QED) is 0.739. The maximum absolute atomic E-state index is 4.47. The number of benzene rings is 1. The van der Waals surface area contributed by atoms with Gasteiger partial charge in [0.1, 0.15) is 6.33 Å². The Balaban J connectivity index is 1.63. The van der Waals surface area contributed by atoms with Crippen LogP contribution in [0.2, 0.25) is 0 Å². The second-order valence-corrected chi connectivity index (χ2v) is 6.23. The molecule has 2 aromatic heterocycles. The van der Waals surface area contributed by atoms with Gasteiger partial charge in [-0.25, -0.2) is 0 Å². The van der Waals surface area contributed by atoms with Crippen LogP contribution in [0.15, 0.2) is 61.2 Å². The first-order valence-electron chi connectivity index (χ1n) is 8.50. The molecule has 5 heteroatoms. The van der Waals surface area contributed by atoms with E-state index in [1.165, 1.54) is 18.4 Å². The molecular formula is C19H21N5. The van der Waals surface area contributed by atoms with Gasteiger partial charge in [-0.1, -0.05) is 24.6 Å². The standard InChI is InChI=1S/C19H21N5/c1-2-6-17(7-3-1)24-15-21-22-19(24)18-8-4-5-13-23(18)14-16-9-11-20-12-10-16/h1-3,6-7,9-12,15,18H,4-5,8,13-14H2. The van der Waals surface area contributed by atoms with Gasteiger partial charge in [-0.2, -0.15) is 0 Å². The Labute approximate surface area is 142 Å². The van der Waals surface area contributed by atoms with E-state index in [0.29, 0.717) is 6.04 Å². The molecule has 0 radical (unpaired) electrons. The van der Waals surface area contributed by atoms with E-state index in [2.05, 4.69) is 61.0 Å². The maximum Gasteiger partial charge on any atom is 0.154 e. The molecule has 1 unspecified atom stereocenters. The Morgan fingerprint density at radius 2 is 1.83 bits per heavy atom. The molecule has 122 valence electrons. The van der Waals surface area contributed by atoms with Crippen LogP contribution < -0.4 is 0 Å². The Hall–Kier alpha value is -2.53. The number of piperidine rings is 1. The average Bonchev–Trinajstić information content (AvgIpc) is 3.13. The Morgan fingerprint density at radius 1 is 1.00 bits per heavy atom. The van der Waals surface area contributed by atoms with Crippen molar-refractivity contribution in [3.05, 3.63) is 72.6 Å². The summed E-state index contributed by atoms with van der Waals surface area (Å²) in [6.07, 6.45) is 9.14. The fraction of sp³-hybridized carbons (Fsp3) is 0.316. The van der Waals surface area contributed by atoms with Crippen LogP contribution in [0.5, 0.6) is 0 Å². The first-order valence-corrected chi connectivity index (χ1v) is 8.50. The van der Waals surface area contributed by atoms with Gasteiger partial charge < -0.3 is 0 Å². The van der Waals surface area contributed by atoms with Gasteiger partial charge in [0.15, 0.2) is 5.82 Å². The van der Waals surface area contributed by atoms with Gasteiger partial charge in [-0.3, -0.25) is 14.5 Å². The first-order chi connectivity index (χ1) is 11.9. The molecule has 1 aliphatic rings. The summed E-state index contributed by atoms with van der Waals surface area (Å²) in [6, 6.07) is 14.8. The van der Waals surface area contributed by atoms with E-state index in [0.717, 1.165) is 31.0 Å². The highest BCUT2D eigenvalue weighted by atomic mass is 15.3. The van der Waals surface area contributed by atoms with Crippen LogP contribution in [-0.2, 0) is 6.54 Å². The summed E-state index contributed by atoms with van der Waals surface area (Å²) < 4.78 is 2.12. The van der Waals surface area contributed by atoms with Gasteiger partial charge in [0.25, 0.3) is 0 Å². The number of nitrogens with zero attached hydrogens (tertiary/aromatic N) is 5. The SMILES string of the molecule is c1ccc(-n2cnnc2C2CCCCN2Cc2ccncc2)cc1. The molecule has 1 aliphatic heterocycles. The fourth-order valence-electron chi connectivity index (χ4n) is 3.45. The van der Waals surface area contributed by atoms with Gasteiger partial charge in [0, 0.05) is 24.6 Å². The molecule has 0 N–H and O–H groups in total. The lowest BCUT2D eigenvalue weighted by atomic mass is 10.0. The molecule has 4 rings (SSSR count). The third-order valence-electron chi connectivity index (χ3n) is 4.66. The highest BCUT2D eigenvalue weighted by molar-refractivity contribution is 5.32. The summed E-state index contributed by atoms with van der Waals surface area (Å²) in [5, 5.41) is 8.66. The molecule has 0 amide bonds. The van der Waals surface area contributed by atoms with E-state index in [1.807, 2.05) is 24.8 Å². The van der Waals surface area contributed by atoms with E-state index in [9.17, 15) is 0 Å². The van der Waals surface area contributed by atoms with Crippen molar-refractivity contribution in [2.24, 2.45) is 0 Å². The first kappa shape index (κ1) is 15.0. The molecule has 1 saturated heterocycles. The summed E-state index contributed by atoms with van der Waals surface area (Å²) in [5.41, 5.74) is 2.41. The van der Waals surface area contributed by atoms with Crippen LogP contribution in [0.25, 0.3) is 5.69 Å². The van der Waals surface area contributed by atoms with Crippen LogP contribution in [-0.4, -0.2) is 31.2 Å². The van der Waals surface area contributed by atoms with Crippen molar-refractivity contribution in [1.82, 2.24) is 24.6 Å². The summed E-state index contributed by atoms with van der Waals surface area (Å²) in [6.45, 7) is 2.02. The molecule has 1 atom stereocenters. The van der Waals surface area contributed by atoms with E-state index in [-0.39, 0.29) is 0 Å². The largest absolute Gasteiger partial charge is 0.289 e. The summed E-state index contributed by atoms with van der Waals surface area (Å²) in [5.74, 6) is 1.04. The number of aromatic nitrogens is 4. The van der Waals surface area contributed by atoms with Gasteiger partial charge >= 0.3 is 0 Å². The number of para-hydroxylation sites is 1. The number of rotatable bonds is 4. The predicted molar refractivity (Wildman–Crippen MR) is 92.6 cm³/mol. The Morgan fingerprint density at radius 3 is 2.67 bits per heavy atom. The van der Waals surface area contributed by atoms with Gasteiger partial charge in [-0.15, -0.1) is 10.2 Å². The zero-order valence-corrected chi connectivity index (χ0v) is 13.6. The van der Waals surface area contributed by atoms with E-state index < -0.39 is 0 Å². The zero-order chi connectivity index (χ0) is 16.2. The minimum absolute atomic E-state index is 0.301. The van der Waals surface area contributed by atoms with Crippen LogP contribution >= 0.6 is 0 Å². The highest BCUT2D eigenvalue weighted by Gasteiger charge is 2.28. The lowest BCUT2D eigenvalue weighted by molar-refractivity contribution is 0.132. The summed E-state index contributed by atoms with van der Waals surface area (Å²) >= 11 is 0. The smallest absolute Gasteiger partial charge is 0.154 e. The third-order valence-corrected chi connectivity index (χ3v) is 4.66. The lowest BCUT2D eigenvalue weighted by Gasteiger charge is -2.35. The molecular weight excluding hydrogens is 298 g/mol. The molecule has 0 saturated carbocycles. The minimum Gasteiger partial charge on any atom is -0.289 e. The van der Waals surface area contributed by atoms with Gasteiger partial charge in [0.05, 0.1) is 6.04 Å². The predicted octanol–water partition coefficient (Wildman–Crippen LogP) is 3.39. The Kier molecular flexibility index (Phi) is 4.34. The van der Waals surface area contributed by atoms with Crippen LogP contribution in [0, 0.1) is 0 Å². The van der Waals surface area contributed by atoms with Crippen molar-refractivity contribution in [2.75, 3.05) is 6.54 Å². The molecule has 3 aromatic rings. The third kappa shape index (κ3) is 3.08. The Bertz CT molecular complexity index is 769. The monoisotopic (exact) mass is 319 g/mol. The zero-order valence-electron chi connectivity index (χ0n) is 13.6. The number of hydrogen-bond donors (Lipinski definition) is 0. The van der Waals surface area contributed by atoms with Crippen LogP contribution in [0.4, 0.5) is 0 Å². The van der Waals surface area contributed by atoms with E-state index in [4.69, 9.17) is 0 Å². The van der Waals surface area contributed by atoms with Crippen molar-refractivity contribution < 1.29 is 0 Å². The van der Waals surface area contributed by atoms with Crippen molar-refractivity contribution >= 4 is 0 Å². The molecule has 0 spiro atoms. The highest BCUT2D eigenvalue weighted by Crippen LogP contribution is 2.31. The number of pyridine rings is 1. The van der Waals surface area contributed by atoms with Crippen LogP contribution in [0.1, 0.15) is 36.7 Å². The minimum atomic E-state index is 0.301. The van der Waals surface area contributed by atoms with Crippen molar-refractivity contribution in [3.8, 4) is 5.69 Å². The average molecular weight is 319 g/mol. The van der Waals surface area contributed by atoms with Crippen LogP contribution in [0.3, 0.4) is 0 Å². The molecule has 0 bridgehead atoms. The maximum atomic E-state index is 4.47. The fourth-order valence-corrected chi connectivity index (χ4v) is 3.45. The number of hydrogen-bond acceptors (Lipinski definition) is 4. The van der Waals surface area contributed by atoms with Crippen molar-refractivity contribution in [2.45, 2.75) is 31.8 Å². The molecule has 1 fully saturated rings. The summed E-state index contributed by atoms with van der Waals surface area (Å²) in [4.78, 5) is 6.63. The van der Waals surface area contributed by atoms with Crippen molar-refractivity contribution in [3.63, 3.8) is 0 Å². The van der Waals surface area contributed by atoms with Gasteiger partial charge in [0.2, 0.25) is 0 Å². The van der Waals surface area contributed by atoms with E-state index in [1.54, 1.807) is 0 Å². The van der Waals surface area contributed by atoms with Gasteiger partial charge in [-0.05, 0) is 49.2 Å². The molecule has 5 nitrogen and oxygen atoms in total. The number of likely N-dealkylation sites (tertiary alicyclic amines) is 1. The second-order valence-electron chi connectivity index (χ2n) is 6.23.